The van der Waals surface area contributed by atoms with Crippen LogP contribution in [0.1, 0.15) is 11.1 Å². The zero-order valence-electron chi connectivity index (χ0n) is 15.4. The summed E-state index contributed by atoms with van der Waals surface area (Å²) in [6.07, 6.45) is 0. The summed E-state index contributed by atoms with van der Waals surface area (Å²) < 4.78 is 0.865. The van der Waals surface area contributed by atoms with E-state index in [9.17, 15) is 9.59 Å². The Bertz CT molecular complexity index is 1160. The van der Waals surface area contributed by atoms with Crippen molar-refractivity contribution in [3.63, 3.8) is 0 Å². The molecule has 0 saturated carbocycles. The molecule has 1 aliphatic rings. The molecule has 1 N–H and O–H groups in total. The van der Waals surface area contributed by atoms with Crippen molar-refractivity contribution in [3.8, 4) is 0 Å². The molecule has 0 atom stereocenters. The molecule has 0 fully saturated rings. The fraction of sp³-hybridized carbons (Fsp3) is 0.0435. The summed E-state index contributed by atoms with van der Waals surface area (Å²) in [5.74, 6) is -0.803. The molecule has 2 amide bonds. The van der Waals surface area contributed by atoms with Gasteiger partial charge in [0.2, 0.25) is 0 Å². The van der Waals surface area contributed by atoms with Gasteiger partial charge in [-0.2, -0.15) is 0 Å². The highest BCUT2D eigenvalue weighted by Gasteiger charge is 2.40. The molecule has 0 aromatic heterocycles. The van der Waals surface area contributed by atoms with Crippen LogP contribution in [0.25, 0.3) is 5.57 Å². The molecule has 0 spiro atoms. The lowest BCUT2D eigenvalue weighted by atomic mass is 10.0. The number of carbonyl (C=O) groups excluding carboxylic acids is 2. The number of amides is 2. The third-order valence-corrected chi connectivity index (χ3v) is 5.62. The van der Waals surface area contributed by atoms with Gasteiger partial charge in [-0.1, -0.05) is 70.0 Å². The van der Waals surface area contributed by atoms with E-state index in [0.29, 0.717) is 33.1 Å². The Kier molecular flexibility index (Phi) is 5.26. The molecule has 6 heteroatoms. The Morgan fingerprint density at radius 2 is 1.62 bits per heavy atom. The van der Waals surface area contributed by atoms with E-state index in [1.807, 2.05) is 54.6 Å². The highest BCUT2D eigenvalue weighted by Crippen LogP contribution is 2.36. The first-order valence-corrected chi connectivity index (χ1v) is 10.1. The Balaban J connectivity index is 1.85. The smallest absolute Gasteiger partial charge is 0.282 e. The third-order valence-electron chi connectivity index (χ3n) is 4.72. The van der Waals surface area contributed by atoms with Crippen LogP contribution in [0.15, 0.2) is 83.0 Å². The Morgan fingerprint density at radius 1 is 0.897 bits per heavy atom. The van der Waals surface area contributed by atoms with Gasteiger partial charge in [0.15, 0.2) is 0 Å². The lowest BCUT2D eigenvalue weighted by molar-refractivity contribution is -0.120. The van der Waals surface area contributed by atoms with Crippen molar-refractivity contribution in [1.29, 1.82) is 0 Å². The van der Waals surface area contributed by atoms with E-state index in [-0.39, 0.29) is 11.6 Å². The summed E-state index contributed by atoms with van der Waals surface area (Å²) in [6.45, 7) is 1.79. The molecule has 4 nitrogen and oxygen atoms in total. The number of hydrogen-bond donors (Lipinski definition) is 1. The average Bonchev–Trinajstić information content (AvgIpc) is 2.95. The summed E-state index contributed by atoms with van der Waals surface area (Å²) in [7, 11) is 0. The number of carbonyl (C=O) groups is 2. The van der Waals surface area contributed by atoms with Crippen LogP contribution < -0.4 is 10.2 Å². The molecule has 3 aromatic rings. The van der Waals surface area contributed by atoms with Gasteiger partial charge in [-0.3, -0.25) is 9.59 Å². The fourth-order valence-corrected chi connectivity index (χ4v) is 3.85. The Labute approximate surface area is 181 Å². The van der Waals surface area contributed by atoms with Gasteiger partial charge < -0.3 is 5.32 Å². The first kappa shape index (κ1) is 19.4. The largest absolute Gasteiger partial charge is 0.350 e. The number of hydrogen-bond acceptors (Lipinski definition) is 3. The minimum Gasteiger partial charge on any atom is -0.350 e. The van der Waals surface area contributed by atoms with E-state index in [4.69, 9.17) is 11.6 Å². The summed E-state index contributed by atoms with van der Waals surface area (Å²) in [6, 6.07) is 21.8. The first-order valence-electron chi connectivity index (χ1n) is 8.93. The quantitative estimate of drug-likeness (QED) is 0.493. The van der Waals surface area contributed by atoms with Crippen molar-refractivity contribution < 1.29 is 9.59 Å². The van der Waals surface area contributed by atoms with Gasteiger partial charge in [0.1, 0.15) is 5.70 Å². The number of nitrogens with one attached hydrogen (secondary N) is 1. The summed E-state index contributed by atoms with van der Waals surface area (Å²) in [5.41, 5.74) is 3.09. The second-order valence-electron chi connectivity index (χ2n) is 6.58. The van der Waals surface area contributed by atoms with Gasteiger partial charge in [0, 0.05) is 15.2 Å². The maximum atomic E-state index is 13.4. The molecule has 4 rings (SSSR count). The van der Waals surface area contributed by atoms with Gasteiger partial charge in [0.05, 0.1) is 11.3 Å². The number of benzene rings is 3. The van der Waals surface area contributed by atoms with Crippen LogP contribution in [0.4, 0.5) is 11.4 Å². The summed E-state index contributed by atoms with van der Waals surface area (Å²) in [5, 5.41) is 3.65. The molecule has 3 aromatic carbocycles. The van der Waals surface area contributed by atoms with E-state index in [1.54, 1.807) is 25.1 Å². The number of halogens is 2. The van der Waals surface area contributed by atoms with Gasteiger partial charge in [0.25, 0.3) is 11.8 Å². The highest BCUT2D eigenvalue weighted by atomic mass is 79.9. The van der Waals surface area contributed by atoms with Crippen molar-refractivity contribution in [2.45, 2.75) is 6.92 Å². The maximum Gasteiger partial charge on any atom is 0.282 e. The number of imide groups is 1. The predicted molar refractivity (Wildman–Crippen MR) is 120 cm³/mol. The fourth-order valence-electron chi connectivity index (χ4n) is 3.29. The van der Waals surface area contributed by atoms with Crippen molar-refractivity contribution in [2.24, 2.45) is 0 Å². The molecule has 0 aliphatic carbocycles. The monoisotopic (exact) mass is 466 g/mol. The lowest BCUT2D eigenvalue weighted by Crippen LogP contribution is -2.33. The maximum absolute atomic E-state index is 13.4. The van der Waals surface area contributed by atoms with Crippen molar-refractivity contribution >= 4 is 56.3 Å². The van der Waals surface area contributed by atoms with Gasteiger partial charge >= 0.3 is 0 Å². The van der Waals surface area contributed by atoms with Gasteiger partial charge in [-0.05, 0) is 48.4 Å². The van der Waals surface area contributed by atoms with E-state index < -0.39 is 5.91 Å². The van der Waals surface area contributed by atoms with Crippen LogP contribution in [0.2, 0.25) is 5.02 Å². The summed E-state index contributed by atoms with van der Waals surface area (Å²) in [4.78, 5) is 28.0. The van der Waals surface area contributed by atoms with Crippen LogP contribution in [0, 0.1) is 6.92 Å². The van der Waals surface area contributed by atoms with Crippen LogP contribution in [0.3, 0.4) is 0 Å². The average molecular weight is 468 g/mol. The van der Waals surface area contributed by atoms with Crippen LogP contribution >= 0.6 is 27.5 Å². The molecule has 0 bridgehead atoms. The molecular weight excluding hydrogens is 452 g/mol. The molecular formula is C23H16BrClN2O2. The van der Waals surface area contributed by atoms with Crippen LogP contribution in [0.5, 0.6) is 0 Å². The number of rotatable bonds is 4. The Morgan fingerprint density at radius 3 is 2.34 bits per heavy atom. The lowest BCUT2D eigenvalue weighted by Gasteiger charge is -2.18. The first-order chi connectivity index (χ1) is 14.0. The van der Waals surface area contributed by atoms with E-state index in [2.05, 4.69) is 21.2 Å². The van der Waals surface area contributed by atoms with Crippen molar-refractivity contribution in [2.75, 3.05) is 10.2 Å². The second-order valence-corrected chi connectivity index (χ2v) is 7.90. The van der Waals surface area contributed by atoms with E-state index in [1.165, 1.54) is 4.90 Å². The highest BCUT2D eigenvalue weighted by molar-refractivity contribution is 9.10. The zero-order chi connectivity index (χ0) is 20.5. The minimum absolute atomic E-state index is 0.235. The topological polar surface area (TPSA) is 49.4 Å². The van der Waals surface area contributed by atoms with Crippen molar-refractivity contribution in [1.82, 2.24) is 0 Å². The standard InChI is InChI=1S/C23H16BrClN2O2/c1-14-18(25)11-6-12-19(14)27-22(28)20(15-7-3-2-4-8-15)21(23(27)29)26-17-10-5-9-16(24)13-17/h2-13,26H,1H3. The summed E-state index contributed by atoms with van der Waals surface area (Å²) >= 11 is 9.67. The van der Waals surface area contributed by atoms with Crippen LogP contribution in [-0.4, -0.2) is 11.8 Å². The zero-order valence-corrected chi connectivity index (χ0v) is 17.8. The van der Waals surface area contributed by atoms with E-state index >= 15 is 0 Å². The SMILES string of the molecule is Cc1c(Cl)cccc1N1C(=O)C(Nc2cccc(Br)c2)=C(c2ccccc2)C1=O. The van der Waals surface area contributed by atoms with Crippen LogP contribution in [-0.2, 0) is 9.59 Å². The van der Waals surface area contributed by atoms with Crippen molar-refractivity contribution in [3.05, 3.63) is 99.1 Å². The molecule has 0 unspecified atom stereocenters. The third kappa shape index (κ3) is 3.59. The molecule has 0 radical (unpaired) electrons. The van der Waals surface area contributed by atoms with Gasteiger partial charge in [-0.25, -0.2) is 4.90 Å². The molecule has 29 heavy (non-hydrogen) atoms. The predicted octanol–water partition coefficient (Wildman–Crippen LogP) is 5.81. The van der Waals surface area contributed by atoms with Gasteiger partial charge in [-0.15, -0.1) is 0 Å². The number of anilines is 2. The molecule has 1 heterocycles. The molecule has 1 aliphatic heterocycles. The molecule has 0 saturated heterocycles. The molecule has 144 valence electrons. The minimum atomic E-state index is -0.417. The van der Waals surface area contributed by atoms with E-state index in [0.717, 1.165) is 4.47 Å². The Hall–Kier alpha value is -2.89. The normalized spacial score (nSPS) is 14.0. The second kappa shape index (κ2) is 7.85. The number of nitrogens with zero attached hydrogens (tertiary/aromatic N) is 1.